The maximum absolute atomic E-state index is 10.4. The van der Waals surface area contributed by atoms with Crippen LogP contribution >= 0.6 is 0 Å². The fourth-order valence-electron chi connectivity index (χ4n) is 1.55. The molecule has 0 aliphatic rings. The highest BCUT2D eigenvalue weighted by molar-refractivity contribution is 7.67. The monoisotopic (exact) mass is 293 g/mol. The third kappa shape index (κ3) is 13.1. The molecule has 0 bridgehead atoms. The first-order valence-corrected chi connectivity index (χ1v) is 7.73. The van der Waals surface area contributed by atoms with Crippen molar-refractivity contribution in [3.8, 4) is 0 Å². The van der Waals surface area contributed by atoms with Crippen molar-refractivity contribution in [3.63, 3.8) is 0 Å². The molecule has 6 nitrogen and oxygen atoms in total. The molecule has 0 rings (SSSR count). The average molecular weight is 293 g/mol. The molecule has 0 aliphatic carbocycles. The van der Waals surface area contributed by atoms with Gasteiger partial charge in [0.2, 0.25) is 5.90 Å². The Morgan fingerprint density at radius 1 is 1.11 bits per heavy atom. The summed E-state index contributed by atoms with van der Waals surface area (Å²) in [7, 11) is -3.03. The first-order valence-electron chi connectivity index (χ1n) is 6.63. The summed E-state index contributed by atoms with van der Waals surface area (Å²) >= 11 is 0. The van der Waals surface area contributed by atoms with Gasteiger partial charge in [-0.2, -0.15) is 8.42 Å². The third-order valence-electron chi connectivity index (χ3n) is 2.53. The van der Waals surface area contributed by atoms with Crippen molar-refractivity contribution in [2.24, 2.45) is 4.99 Å². The van der Waals surface area contributed by atoms with Crippen LogP contribution in [0.25, 0.3) is 0 Å². The largest absolute Gasteiger partial charge is 0.481 e. The second-order valence-electron chi connectivity index (χ2n) is 4.25. The number of carboxylic acids is 1. The Kier molecular flexibility index (Phi) is 11.3. The summed E-state index contributed by atoms with van der Waals surface area (Å²) in [6.07, 6.45) is 6.50. The molecule has 0 atom stereocenters. The molecule has 0 aromatic carbocycles. The summed E-state index contributed by atoms with van der Waals surface area (Å²) in [5, 5.41) is 8.53. The van der Waals surface area contributed by atoms with E-state index in [4.69, 9.17) is 5.11 Å². The molecule has 0 radical (unpaired) electrons. The SMILES string of the molecule is CCCCCCCCN=C(CCC(=O)O)O[SH](=O)=O. The number of aliphatic carboxylic acids is 1. The Morgan fingerprint density at radius 3 is 2.32 bits per heavy atom. The van der Waals surface area contributed by atoms with Crippen molar-refractivity contribution in [2.45, 2.75) is 58.3 Å². The van der Waals surface area contributed by atoms with Crippen LogP contribution in [0.3, 0.4) is 0 Å². The van der Waals surface area contributed by atoms with Crippen LogP contribution < -0.4 is 0 Å². The molecule has 0 unspecified atom stereocenters. The molecule has 0 spiro atoms. The Hall–Kier alpha value is -1.11. The Morgan fingerprint density at radius 2 is 1.74 bits per heavy atom. The van der Waals surface area contributed by atoms with Crippen LogP contribution in [0.4, 0.5) is 0 Å². The second kappa shape index (κ2) is 12.0. The minimum absolute atomic E-state index is 0.00734. The minimum Gasteiger partial charge on any atom is -0.481 e. The molecule has 19 heavy (non-hydrogen) atoms. The zero-order valence-electron chi connectivity index (χ0n) is 11.3. The molecule has 0 heterocycles. The lowest BCUT2D eigenvalue weighted by molar-refractivity contribution is -0.136. The van der Waals surface area contributed by atoms with Gasteiger partial charge in [0.05, 0.1) is 6.42 Å². The van der Waals surface area contributed by atoms with Crippen molar-refractivity contribution in [1.29, 1.82) is 0 Å². The van der Waals surface area contributed by atoms with Crippen LogP contribution in [0.15, 0.2) is 4.99 Å². The van der Waals surface area contributed by atoms with Crippen LogP contribution in [0.5, 0.6) is 0 Å². The van der Waals surface area contributed by atoms with Crippen molar-refractivity contribution in [1.82, 2.24) is 0 Å². The molecular weight excluding hydrogens is 270 g/mol. The predicted octanol–water partition coefficient (Wildman–Crippen LogP) is 2.15. The third-order valence-corrected chi connectivity index (χ3v) is 2.89. The Bertz CT molecular complexity index is 344. The predicted molar refractivity (Wildman–Crippen MR) is 73.9 cm³/mol. The van der Waals surface area contributed by atoms with E-state index in [1.54, 1.807) is 0 Å². The van der Waals surface area contributed by atoms with E-state index in [9.17, 15) is 13.2 Å². The number of unbranched alkanes of at least 4 members (excludes halogenated alkanes) is 5. The van der Waals surface area contributed by atoms with Gasteiger partial charge in [0.25, 0.3) is 11.0 Å². The van der Waals surface area contributed by atoms with E-state index in [1.165, 1.54) is 19.3 Å². The van der Waals surface area contributed by atoms with Gasteiger partial charge < -0.3 is 9.29 Å². The number of hydrogen-bond donors (Lipinski definition) is 2. The van der Waals surface area contributed by atoms with Gasteiger partial charge in [0, 0.05) is 13.0 Å². The number of carbonyl (C=O) groups is 1. The molecule has 0 aliphatic heterocycles. The van der Waals surface area contributed by atoms with Gasteiger partial charge in [0.1, 0.15) is 0 Å². The topological polar surface area (TPSA) is 93.0 Å². The molecule has 112 valence electrons. The van der Waals surface area contributed by atoms with Crippen molar-refractivity contribution >= 4 is 22.9 Å². The zero-order chi connectivity index (χ0) is 14.5. The summed E-state index contributed by atoms with van der Waals surface area (Å²) in [5.74, 6) is -1.01. The first kappa shape index (κ1) is 17.9. The van der Waals surface area contributed by atoms with Gasteiger partial charge >= 0.3 is 5.97 Å². The van der Waals surface area contributed by atoms with Crippen LogP contribution in [-0.4, -0.2) is 31.9 Å². The first-order chi connectivity index (χ1) is 9.06. The van der Waals surface area contributed by atoms with Gasteiger partial charge in [0.15, 0.2) is 0 Å². The number of aliphatic imine (C=N–C) groups is 1. The fraction of sp³-hybridized carbons (Fsp3) is 0.833. The summed E-state index contributed by atoms with van der Waals surface area (Å²) < 4.78 is 25.4. The maximum Gasteiger partial charge on any atom is 0.303 e. The quantitative estimate of drug-likeness (QED) is 0.263. The number of carboxylic acid groups (broad SMARTS) is 1. The molecule has 0 saturated heterocycles. The highest BCUT2D eigenvalue weighted by Crippen LogP contribution is 2.05. The number of hydrogen-bond acceptors (Lipinski definition) is 5. The normalized spacial score (nSPS) is 11.8. The van der Waals surface area contributed by atoms with E-state index in [2.05, 4.69) is 16.1 Å². The van der Waals surface area contributed by atoms with Gasteiger partial charge in [-0.05, 0) is 6.42 Å². The Labute approximate surface area is 116 Å². The number of nitrogens with zero attached hydrogens (tertiary/aromatic N) is 1. The molecule has 0 amide bonds. The molecule has 0 fully saturated rings. The number of rotatable bonds is 11. The van der Waals surface area contributed by atoms with Crippen LogP contribution in [-0.2, 0) is 20.0 Å². The van der Waals surface area contributed by atoms with E-state index in [1.807, 2.05) is 0 Å². The van der Waals surface area contributed by atoms with Crippen molar-refractivity contribution in [3.05, 3.63) is 0 Å². The molecule has 0 aromatic rings. The highest BCUT2D eigenvalue weighted by Gasteiger charge is 2.05. The fourth-order valence-corrected chi connectivity index (χ4v) is 1.87. The summed E-state index contributed by atoms with van der Waals surface area (Å²) in [6, 6.07) is 0. The van der Waals surface area contributed by atoms with Crippen molar-refractivity contribution in [2.75, 3.05) is 6.54 Å². The molecule has 7 heteroatoms. The van der Waals surface area contributed by atoms with E-state index in [-0.39, 0.29) is 18.7 Å². The van der Waals surface area contributed by atoms with E-state index < -0.39 is 17.0 Å². The van der Waals surface area contributed by atoms with Crippen molar-refractivity contribution < 1.29 is 22.5 Å². The molecular formula is C12H23NO5S. The Balaban J connectivity index is 3.92. The van der Waals surface area contributed by atoms with Crippen LogP contribution in [0.1, 0.15) is 58.3 Å². The lowest BCUT2D eigenvalue weighted by atomic mass is 10.1. The van der Waals surface area contributed by atoms with Gasteiger partial charge in [-0.25, -0.2) is 0 Å². The lowest BCUT2D eigenvalue weighted by Gasteiger charge is -2.02. The van der Waals surface area contributed by atoms with Gasteiger partial charge in [-0.1, -0.05) is 39.0 Å². The highest BCUT2D eigenvalue weighted by atomic mass is 32.2. The maximum atomic E-state index is 10.4. The second-order valence-corrected chi connectivity index (χ2v) is 4.88. The lowest BCUT2D eigenvalue weighted by Crippen LogP contribution is -2.08. The summed E-state index contributed by atoms with van der Waals surface area (Å²) in [4.78, 5) is 14.4. The number of thiol groups is 1. The molecule has 0 aromatic heterocycles. The minimum atomic E-state index is -3.03. The average Bonchev–Trinajstić information content (AvgIpc) is 2.33. The standard InChI is InChI=1S/C12H23NO5S/c1-2-3-4-5-6-7-10-13-11(18-19(16)17)8-9-12(14)15/h19H,2-10H2,1H3,(H,14,15). The van der Waals surface area contributed by atoms with Gasteiger partial charge in [-0.15, -0.1) is 0 Å². The van der Waals surface area contributed by atoms with Crippen LogP contribution in [0, 0.1) is 0 Å². The summed E-state index contributed by atoms with van der Waals surface area (Å²) in [6.45, 7) is 2.63. The van der Waals surface area contributed by atoms with Crippen LogP contribution in [0.2, 0.25) is 0 Å². The van der Waals surface area contributed by atoms with E-state index in [0.29, 0.717) is 6.54 Å². The van der Waals surface area contributed by atoms with Gasteiger partial charge in [-0.3, -0.25) is 9.79 Å². The zero-order valence-corrected chi connectivity index (χ0v) is 12.2. The van der Waals surface area contributed by atoms with E-state index >= 15 is 0 Å². The molecule has 1 N–H and O–H groups in total. The molecule has 0 saturated carbocycles. The smallest absolute Gasteiger partial charge is 0.303 e. The summed E-state index contributed by atoms with van der Waals surface area (Å²) in [5.41, 5.74) is 0. The van der Waals surface area contributed by atoms with E-state index in [0.717, 1.165) is 19.3 Å².